The second-order valence-electron chi connectivity index (χ2n) is 4.79. The summed E-state index contributed by atoms with van der Waals surface area (Å²) in [6, 6.07) is 14.9. The maximum Gasteiger partial charge on any atom is 0.192 e. The molecule has 0 atom stereocenters. The maximum absolute atomic E-state index is 5.70. The molecule has 0 aromatic heterocycles. The summed E-state index contributed by atoms with van der Waals surface area (Å²) >= 11 is 7.29. The molecule has 1 aliphatic heterocycles. The summed E-state index contributed by atoms with van der Waals surface area (Å²) in [5.41, 5.74) is 4.67. The number of fused-ring (bicyclic) bond motifs is 3. The van der Waals surface area contributed by atoms with Gasteiger partial charge in [0.25, 0.3) is 0 Å². The van der Waals surface area contributed by atoms with Crippen molar-refractivity contribution >= 4 is 29.0 Å². The van der Waals surface area contributed by atoms with E-state index in [0.29, 0.717) is 11.7 Å². The van der Waals surface area contributed by atoms with E-state index < -0.39 is 0 Å². The van der Waals surface area contributed by atoms with Gasteiger partial charge in [-0.15, -0.1) is 11.8 Å². The third-order valence-corrected chi connectivity index (χ3v) is 4.89. The normalized spacial score (nSPS) is 13.2. The zero-order valence-electron chi connectivity index (χ0n) is 11.4. The van der Waals surface area contributed by atoms with E-state index in [0.717, 1.165) is 11.3 Å². The van der Waals surface area contributed by atoms with Crippen LogP contribution in [0.2, 0.25) is 0 Å². The van der Waals surface area contributed by atoms with Crippen LogP contribution in [0.4, 0.5) is 0 Å². The van der Waals surface area contributed by atoms with Crippen LogP contribution < -0.4 is 0 Å². The predicted molar refractivity (Wildman–Crippen MR) is 89.4 cm³/mol. The first-order chi connectivity index (χ1) is 9.79. The summed E-state index contributed by atoms with van der Waals surface area (Å²) < 4.78 is 5.70. The Morgan fingerprint density at radius 1 is 1.10 bits per heavy atom. The molecule has 0 fully saturated rings. The first-order valence-electron chi connectivity index (χ1n) is 6.82. The van der Waals surface area contributed by atoms with Gasteiger partial charge in [0.05, 0.1) is 0 Å². The topological polar surface area (TPSA) is 9.23 Å². The fraction of sp³-hybridized carbons (Fsp3) is 0.235. The molecule has 0 saturated carbocycles. The standard InChI is InChI=1S/C17H16OS2/c1-2-9-20-13-7-8-15-16(10-13)14-6-4-3-5-12(14)11-18-17(15)19/h3-8,10H,2,9,11H2,1H3. The van der Waals surface area contributed by atoms with Crippen molar-refractivity contribution in [2.24, 2.45) is 0 Å². The minimum absolute atomic E-state index is 0.557. The van der Waals surface area contributed by atoms with Gasteiger partial charge in [-0.2, -0.15) is 0 Å². The lowest BCUT2D eigenvalue weighted by Crippen LogP contribution is -2.01. The molecule has 0 radical (unpaired) electrons. The minimum Gasteiger partial charge on any atom is -0.478 e. The van der Waals surface area contributed by atoms with Crippen molar-refractivity contribution in [1.82, 2.24) is 0 Å². The first-order valence-corrected chi connectivity index (χ1v) is 8.21. The highest BCUT2D eigenvalue weighted by Crippen LogP contribution is 2.34. The number of rotatable bonds is 3. The molecule has 0 unspecified atom stereocenters. The van der Waals surface area contributed by atoms with Crippen LogP contribution in [0.1, 0.15) is 24.5 Å². The van der Waals surface area contributed by atoms with E-state index in [4.69, 9.17) is 17.0 Å². The predicted octanol–water partition coefficient (Wildman–Crippen LogP) is 5.06. The van der Waals surface area contributed by atoms with Crippen molar-refractivity contribution in [2.45, 2.75) is 24.8 Å². The van der Waals surface area contributed by atoms with Gasteiger partial charge in [-0.05, 0) is 59.3 Å². The Morgan fingerprint density at radius 2 is 1.95 bits per heavy atom. The van der Waals surface area contributed by atoms with Crippen molar-refractivity contribution in [1.29, 1.82) is 0 Å². The third-order valence-electron chi connectivity index (χ3n) is 3.35. The second-order valence-corrected chi connectivity index (χ2v) is 6.33. The molecule has 0 N–H and O–H groups in total. The largest absolute Gasteiger partial charge is 0.478 e. The molecule has 0 amide bonds. The quantitative estimate of drug-likeness (QED) is 0.579. The smallest absolute Gasteiger partial charge is 0.192 e. The van der Waals surface area contributed by atoms with E-state index in [1.165, 1.54) is 28.0 Å². The zero-order chi connectivity index (χ0) is 13.9. The van der Waals surface area contributed by atoms with Gasteiger partial charge < -0.3 is 4.74 Å². The van der Waals surface area contributed by atoms with Gasteiger partial charge in [0.1, 0.15) is 6.61 Å². The number of thiocarbonyl (C=S) groups is 1. The first kappa shape index (κ1) is 13.7. The summed E-state index contributed by atoms with van der Waals surface area (Å²) in [5.74, 6) is 1.14. The van der Waals surface area contributed by atoms with E-state index in [9.17, 15) is 0 Å². The van der Waals surface area contributed by atoms with E-state index in [-0.39, 0.29) is 0 Å². The van der Waals surface area contributed by atoms with Gasteiger partial charge in [-0.3, -0.25) is 0 Å². The van der Waals surface area contributed by atoms with Crippen LogP contribution >= 0.6 is 24.0 Å². The lowest BCUT2D eigenvalue weighted by molar-refractivity contribution is 0.304. The zero-order valence-corrected chi connectivity index (χ0v) is 13.0. The van der Waals surface area contributed by atoms with Gasteiger partial charge in [-0.25, -0.2) is 0 Å². The number of thioether (sulfide) groups is 1. The molecule has 20 heavy (non-hydrogen) atoms. The van der Waals surface area contributed by atoms with Crippen LogP contribution in [-0.4, -0.2) is 10.8 Å². The molecule has 1 heterocycles. The van der Waals surface area contributed by atoms with Gasteiger partial charge in [0.2, 0.25) is 0 Å². The Morgan fingerprint density at radius 3 is 2.80 bits per heavy atom. The fourth-order valence-corrected chi connectivity index (χ4v) is 3.41. The van der Waals surface area contributed by atoms with Crippen molar-refractivity contribution in [3.63, 3.8) is 0 Å². The Balaban J connectivity index is 2.12. The summed E-state index contributed by atoms with van der Waals surface area (Å²) in [7, 11) is 0. The average Bonchev–Trinajstić information content (AvgIpc) is 2.63. The molecule has 102 valence electrons. The maximum atomic E-state index is 5.70. The SMILES string of the molecule is CCCSc1ccc2c(c1)-c1ccccc1COC2=S. The molecule has 0 aliphatic carbocycles. The Kier molecular flexibility index (Phi) is 4.08. The second kappa shape index (κ2) is 5.98. The van der Waals surface area contributed by atoms with Gasteiger partial charge in [0, 0.05) is 10.5 Å². The summed E-state index contributed by atoms with van der Waals surface area (Å²) in [6.07, 6.45) is 1.18. The van der Waals surface area contributed by atoms with Crippen LogP contribution in [0.5, 0.6) is 0 Å². The number of ether oxygens (including phenoxy) is 1. The van der Waals surface area contributed by atoms with Crippen LogP contribution in [-0.2, 0) is 11.3 Å². The molecule has 3 rings (SSSR count). The van der Waals surface area contributed by atoms with Gasteiger partial charge in [0.15, 0.2) is 5.05 Å². The van der Waals surface area contributed by atoms with Crippen molar-refractivity contribution in [3.8, 4) is 11.1 Å². The third kappa shape index (κ3) is 2.60. The van der Waals surface area contributed by atoms with Crippen molar-refractivity contribution in [3.05, 3.63) is 53.6 Å². The molecule has 2 aromatic rings. The van der Waals surface area contributed by atoms with Crippen LogP contribution in [0.25, 0.3) is 11.1 Å². The molecule has 1 nitrogen and oxygen atoms in total. The summed E-state index contributed by atoms with van der Waals surface area (Å²) in [5, 5.41) is 0.600. The molecule has 0 saturated heterocycles. The van der Waals surface area contributed by atoms with Crippen LogP contribution in [0.15, 0.2) is 47.4 Å². The number of hydrogen-bond acceptors (Lipinski definition) is 3. The van der Waals surface area contributed by atoms with Gasteiger partial charge >= 0.3 is 0 Å². The van der Waals surface area contributed by atoms with Crippen LogP contribution in [0, 0.1) is 0 Å². The Labute approximate surface area is 129 Å². The summed E-state index contributed by atoms with van der Waals surface area (Å²) in [4.78, 5) is 1.30. The van der Waals surface area contributed by atoms with Gasteiger partial charge in [-0.1, -0.05) is 31.2 Å². The molecule has 0 bridgehead atoms. The van der Waals surface area contributed by atoms with E-state index in [2.05, 4.69) is 43.3 Å². The molecule has 1 aliphatic rings. The van der Waals surface area contributed by atoms with E-state index in [1.807, 2.05) is 17.8 Å². The van der Waals surface area contributed by atoms with Crippen molar-refractivity contribution < 1.29 is 4.74 Å². The molecule has 3 heteroatoms. The van der Waals surface area contributed by atoms with Crippen LogP contribution in [0.3, 0.4) is 0 Å². The highest BCUT2D eigenvalue weighted by atomic mass is 32.2. The number of benzene rings is 2. The van der Waals surface area contributed by atoms with E-state index >= 15 is 0 Å². The molecular weight excluding hydrogens is 284 g/mol. The molecule has 2 aromatic carbocycles. The van der Waals surface area contributed by atoms with E-state index in [1.54, 1.807) is 0 Å². The Bertz CT molecular complexity index is 649. The highest BCUT2D eigenvalue weighted by molar-refractivity contribution is 7.99. The number of hydrogen-bond donors (Lipinski definition) is 0. The fourth-order valence-electron chi connectivity index (χ4n) is 2.36. The molecular formula is C17H16OS2. The lowest BCUT2D eigenvalue weighted by atomic mass is 9.97. The Hall–Kier alpha value is -1.32. The minimum atomic E-state index is 0.557. The highest BCUT2D eigenvalue weighted by Gasteiger charge is 2.18. The summed E-state index contributed by atoms with van der Waals surface area (Å²) in [6.45, 7) is 2.76. The average molecular weight is 300 g/mol. The molecule has 0 spiro atoms. The monoisotopic (exact) mass is 300 g/mol. The lowest BCUT2D eigenvalue weighted by Gasteiger charge is -2.10. The van der Waals surface area contributed by atoms with Crippen molar-refractivity contribution in [2.75, 3.05) is 5.75 Å².